The van der Waals surface area contributed by atoms with Gasteiger partial charge in [-0.2, -0.15) is 0 Å². The van der Waals surface area contributed by atoms with E-state index < -0.39 is 0 Å². The highest BCUT2D eigenvalue weighted by molar-refractivity contribution is 7.80. The van der Waals surface area contributed by atoms with E-state index in [-0.39, 0.29) is 23.3 Å². The molecular weight excluding hydrogens is 445 g/mol. The van der Waals surface area contributed by atoms with Crippen molar-refractivity contribution in [2.24, 2.45) is 0 Å². The average molecular weight is 468 g/mol. The first kappa shape index (κ1) is 23.9. The molecule has 2 aromatic carbocycles. The molecular formula is C21H23Cl2N3O3S. The Morgan fingerprint density at radius 2 is 1.63 bits per heavy atom. The number of carbonyl (C=O) groups excluding carboxylic acids is 2. The van der Waals surface area contributed by atoms with Crippen molar-refractivity contribution in [3.8, 4) is 5.75 Å². The van der Waals surface area contributed by atoms with Crippen molar-refractivity contribution >= 4 is 63.7 Å². The average Bonchev–Trinajstić information content (AvgIpc) is 2.68. The third-order valence-corrected chi connectivity index (χ3v) is 4.59. The van der Waals surface area contributed by atoms with Gasteiger partial charge in [0.15, 0.2) is 5.11 Å². The van der Waals surface area contributed by atoms with Crippen LogP contribution in [-0.4, -0.2) is 23.5 Å². The van der Waals surface area contributed by atoms with Crippen LogP contribution in [0.1, 0.15) is 32.6 Å². The van der Waals surface area contributed by atoms with E-state index in [0.29, 0.717) is 46.6 Å². The van der Waals surface area contributed by atoms with E-state index in [1.165, 1.54) is 0 Å². The van der Waals surface area contributed by atoms with E-state index in [4.69, 9.17) is 40.2 Å². The maximum Gasteiger partial charge on any atom is 0.226 e. The fourth-order valence-electron chi connectivity index (χ4n) is 2.45. The van der Waals surface area contributed by atoms with Gasteiger partial charge in [0.2, 0.25) is 11.8 Å². The zero-order valence-corrected chi connectivity index (χ0v) is 18.8. The maximum atomic E-state index is 12.0. The highest BCUT2D eigenvalue weighted by Crippen LogP contribution is 2.27. The number of nitrogens with one attached hydrogen (secondary N) is 3. The van der Waals surface area contributed by atoms with E-state index in [9.17, 15) is 9.59 Å². The van der Waals surface area contributed by atoms with Gasteiger partial charge in [0.1, 0.15) is 5.75 Å². The first-order chi connectivity index (χ1) is 14.4. The van der Waals surface area contributed by atoms with Gasteiger partial charge in [-0.1, -0.05) is 30.1 Å². The maximum absolute atomic E-state index is 12.0. The molecule has 0 aliphatic heterocycles. The summed E-state index contributed by atoms with van der Waals surface area (Å²) in [6, 6.07) is 12.0. The van der Waals surface area contributed by atoms with E-state index in [1.54, 1.807) is 42.5 Å². The number of hydrogen-bond donors (Lipinski definition) is 3. The zero-order chi connectivity index (χ0) is 21.9. The molecule has 0 unspecified atom stereocenters. The van der Waals surface area contributed by atoms with Crippen LogP contribution in [0.2, 0.25) is 10.0 Å². The lowest BCUT2D eigenvalue weighted by atomic mass is 10.2. The van der Waals surface area contributed by atoms with Crippen LogP contribution in [0.4, 0.5) is 11.4 Å². The Kier molecular flexibility index (Phi) is 9.86. The quantitative estimate of drug-likeness (QED) is 0.339. The predicted octanol–water partition coefficient (Wildman–Crippen LogP) is 5.40. The molecule has 0 heterocycles. The molecule has 0 aliphatic rings. The topological polar surface area (TPSA) is 79.5 Å². The molecule has 0 fully saturated rings. The number of amides is 2. The molecule has 0 spiro atoms. The molecule has 9 heteroatoms. The van der Waals surface area contributed by atoms with Crippen molar-refractivity contribution in [3.05, 3.63) is 52.5 Å². The number of benzene rings is 2. The number of rotatable bonds is 9. The first-order valence-electron chi connectivity index (χ1n) is 9.46. The van der Waals surface area contributed by atoms with Crippen LogP contribution in [0.5, 0.6) is 5.75 Å². The van der Waals surface area contributed by atoms with Gasteiger partial charge >= 0.3 is 0 Å². The second-order valence-electron chi connectivity index (χ2n) is 6.40. The van der Waals surface area contributed by atoms with Gasteiger partial charge in [0, 0.05) is 29.2 Å². The van der Waals surface area contributed by atoms with E-state index in [0.717, 1.165) is 6.42 Å². The summed E-state index contributed by atoms with van der Waals surface area (Å²) in [7, 11) is 0. The standard InChI is InChI=1S/C21H23Cl2N3O3S/c1-2-4-19(27)24-15-7-9-16(10-8-15)25-21(30)26-20(28)5-3-12-29-18-11-6-14(22)13-17(18)23/h6-11,13H,2-5,12H2,1H3,(H,24,27)(H2,25,26,28,30). The summed E-state index contributed by atoms with van der Waals surface area (Å²) >= 11 is 17.0. The van der Waals surface area contributed by atoms with Crippen molar-refractivity contribution in [3.63, 3.8) is 0 Å². The van der Waals surface area contributed by atoms with Crippen molar-refractivity contribution < 1.29 is 14.3 Å². The summed E-state index contributed by atoms with van der Waals surface area (Å²) in [5.74, 6) is 0.276. The third-order valence-electron chi connectivity index (χ3n) is 3.86. The van der Waals surface area contributed by atoms with Crippen LogP contribution < -0.4 is 20.7 Å². The number of halogens is 2. The van der Waals surface area contributed by atoms with Gasteiger partial charge in [0.25, 0.3) is 0 Å². The summed E-state index contributed by atoms with van der Waals surface area (Å²) < 4.78 is 5.55. The molecule has 2 amide bonds. The monoisotopic (exact) mass is 467 g/mol. The molecule has 6 nitrogen and oxygen atoms in total. The van der Waals surface area contributed by atoms with Crippen LogP contribution in [-0.2, 0) is 9.59 Å². The van der Waals surface area contributed by atoms with Gasteiger partial charge in [-0.3, -0.25) is 9.59 Å². The summed E-state index contributed by atoms with van der Waals surface area (Å²) in [4.78, 5) is 23.6. The minimum absolute atomic E-state index is 0.0247. The molecule has 30 heavy (non-hydrogen) atoms. The molecule has 0 saturated heterocycles. The lowest BCUT2D eigenvalue weighted by Crippen LogP contribution is -2.34. The molecule has 3 N–H and O–H groups in total. The Labute approximate surface area is 191 Å². The van der Waals surface area contributed by atoms with Gasteiger partial charge in [-0.05, 0) is 67.5 Å². The van der Waals surface area contributed by atoms with Gasteiger partial charge in [0.05, 0.1) is 11.6 Å². The number of hydrogen-bond acceptors (Lipinski definition) is 4. The molecule has 2 aromatic rings. The van der Waals surface area contributed by atoms with Crippen molar-refractivity contribution in [2.75, 3.05) is 17.2 Å². The van der Waals surface area contributed by atoms with Gasteiger partial charge in [-0.15, -0.1) is 0 Å². The number of anilines is 2. The Hall–Kier alpha value is -2.35. The van der Waals surface area contributed by atoms with Crippen LogP contribution in [0, 0.1) is 0 Å². The summed E-state index contributed by atoms with van der Waals surface area (Å²) in [6.45, 7) is 2.28. The van der Waals surface area contributed by atoms with Crippen LogP contribution in [0.3, 0.4) is 0 Å². The van der Waals surface area contributed by atoms with E-state index in [1.807, 2.05) is 6.92 Å². The largest absolute Gasteiger partial charge is 0.492 e. The molecule has 0 saturated carbocycles. The number of ether oxygens (including phenoxy) is 1. The second kappa shape index (κ2) is 12.4. The van der Waals surface area contributed by atoms with Crippen molar-refractivity contribution in [1.29, 1.82) is 0 Å². The van der Waals surface area contributed by atoms with Crippen LogP contribution in [0.25, 0.3) is 0 Å². The molecule has 0 aliphatic carbocycles. The molecule has 2 rings (SSSR count). The SMILES string of the molecule is CCCC(=O)Nc1ccc(NC(=S)NC(=O)CCCOc2ccc(Cl)cc2Cl)cc1. The highest BCUT2D eigenvalue weighted by atomic mass is 35.5. The minimum Gasteiger partial charge on any atom is -0.492 e. The fourth-order valence-corrected chi connectivity index (χ4v) is 3.14. The smallest absolute Gasteiger partial charge is 0.226 e. The molecule has 0 aromatic heterocycles. The number of thiocarbonyl (C=S) groups is 1. The predicted molar refractivity (Wildman–Crippen MR) is 126 cm³/mol. The Morgan fingerprint density at radius 3 is 2.27 bits per heavy atom. The minimum atomic E-state index is -0.221. The summed E-state index contributed by atoms with van der Waals surface area (Å²) in [5.41, 5.74) is 1.41. The van der Waals surface area contributed by atoms with E-state index >= 15 is 0 Å². The highest BCUT2D eigenvalue weighted by Gasteiger charge is 2.07. The Bertz CT molecular complexity index is 892. The summed E-state index contributed by atoms with van der Waals surface area (Å²) in [5, 5.41) is 9.52. The Balaban J connectivity index is 1.68. The molecule has 0 atom stereocenters. The van der Waals surface area contributed by atoms with Crippen molar-refractivity contribution in [2.45, 2.75) is 32.6 Å². The fraction of sp³-hybridized carbons (Fsp3) is 0.286. The third kappa shape index (κ3) is 8.57. The number of carbonyl (C=O) groups is 2. The molecule has 160 valence electrons. The van der Waals surface area contributed by atoms with Crippen LogP contribution in [0.15, 0.2) is 42.5 Å². The Morgan fingerprint density at radius 1 is 0.967 bits per heavy atom. The second-order valence-corrected chi connectivity index (χ2v) is 7.66. The normalized spacial score (nSPS) is 10.2. The van der Waals surface area contributed by atoms with Crippen molar-refractivity contribution in [1.82, 2.24) is 5.32 Å². The van der Waals surface area contributed by atoms with E-state index in [2.05, 4.69) is 16.0 Å². The lowest BCUT2D eigenvalue weighted by molar-refractivity contribution is -0.120. The lowest BCUT2D eigenvalue weighted by Gasteiger charge is -2.11. The molecule has 0 radical (unpaired) electrons. The molecule has 0 bridgehead atoms. The van der Waals surface area contributed by atoms with Crippen LogP contribution >= 0.6 is 35.4 Å². The summed E-state index contributed by atoms with van der Waals surface area (Å²) in [6.07, 6.45) is 2.02. The van der Waals surface area contributed by atoms with Gasteiger partial charge < -0.3 is 20.7 Å². The first-order valence-corrected chi connectivity index (χ1v) is 10.6. The van der Waals surface area contributed by atoms with Gasteiger partial charge in [-0.25, -0.2) is 0 Å². The zero-order valence-electron chi connectivity index (χ0n) is 16.5.